The summed E-state index contributed by atoms with van der Waals surface area (Å²) >= 11 is 0. The van der Waals surface area contributed by atoms with Crippen molar-refractivity contribution >= 4 is 34.9 Å². The molecule has 1 unspecified atom stereocenters. The lowest BCUT2D eigenvalue weighted by Gasteiger charge is -2.36. The molecule has 0 aliphatic carbocycles. The van der Waals surface area contributed by atoms with Crippen molar-refractivity contribution in [3.8, 4) is 0 Å². The zero-order valence-electron chi connectivity index (χ0n) is 18.0. The molecular weight excluding hydrogens is 402 g/mol. The Kier molecular flexibility index (Phi) is 5.73. The van der Waals surface area contributed by atoms with Gasteiger partial charge in [-0.1, -0.05) is 36.4 Å². The predicted molar refractivity (Wildman–Crippen MR) is 125 cm³/mol. The van der Waals surface area contributed by atoms with Crippen LogP contribution in [0.2, 0.25) is 0 Å². The van der Waals surface area contributed by atoms with E-state index in [4.69, 9.17) is 0 Å². The number of aromatic nitrogens is 2. The summed E-state index contributed by atoms with van der Waals surface area (Å²) in [6.07, 6.45) is 4.89. The van der Waals surface area contributed by atoms with Gasteiger partial charge in [-0.25, -0.2) is 0 Å². The second-order valence-corrected chi connectivity index (χ2v) is 8.42. The van der Waals surface area contributed by atoms with Crippen LogP contribution < -0.4 is 5.32 Å². The second-order valence-electron chi connectivity index (χ2n) is 8.42. The van der Waals surface area contributed by atoms with Crippen LogP contribution in [0, 0.1) is 5.92 Å². The molecule has 3 heterocycles. The van der Waals surface area contributed by atoms with Gasteiger partial charge in [-0.3, -0.25) is 14.7 Å². The summed E-state index contributed by atoms with van der Waals surface area (Å²) in [4.78, 5) is 29.2. The average Bonchev–Trinajstić information content (AvgIpc) is 3.53. The minimum atomic E-state index is 0.0217. The van der Waals surface area contributed by atoms with Crippen molar-refractivity contribution in [3.63, 3.8) is 0 Å². The molecule has 7 nitrogen and oxygen atoms in total. The number of rotatable bonds is 4. The molecule has 3 aromatic rings. The van der Waals surface area contributed by atoms with Crippen molar-refractivity contribution in [1.29, 1.82) is 0 Å². The van der Waals surface area contributed by atoms with Gasteiger partial charge < -0.3 is 15.1 Å². The third kappa shape index (κ3) is 4.16. The zero-order chi connectivity index (χ0) is 21.9. The Morgan fingerprint density at radius 3 is 2.44 bits per heavy atom. The molecule has 5 rings (SSSR count). The number of para-hydroxylation sites is 1. The number of aromatic amines is 1. The molecule has 0 spiro atoms. The van der Waals surface area contributed by atoms with E-state index in [1.807, 2.05) is 70.5 Å². The van der Waals surface area contributed by atoms with Gasteiger partial charge in [0.2, 0.25) is 5.91 Å². The maximum atomic E-state index is 12.9. The van der Waals surface area contributed by atoms with Crippen LogP contribution in [0.5, 0.6) is 0 Å². The molecule has 1 aromatic heterocycles. The maximum Gasteiger partial charge on any atom is 0.253 e. The zero-order valence-corrected chi connectivity index (χ0v) is 18.0. The normalized spacial score (nSPS) is 19.2. The van der Waals surface area contributed by atoms with Crippen LogP contribution >= 0.6 is 0 Å². The van der Waals surface area contributed by atoms with Gasteiger partial charge in [-0.05, 0) is 42.8 Å². The summed E-state index contributed by atoms with van der Waals surface area (Å²) in [5.41, 5.74) is 3.58. The Balaban J connectivity index is 1.19. The average molecular weight is 430 g/mol. The summed E-state index contributed by atoms with van der Waals surface area (Å²) in [5.74, 6) is 0.341. The lowest BCUT2D eigenvalue weighted by molar-refractivity contribution is -0.136. The number of carbonyl (C=O) groups is 2. The molecule has 0 bridgehead atoms. The van der Waals surface area contributed by atoms with E-state index in [-0.39, 0.29) is 17.7 Å². The molecule has 7 heteroatoms. The Labute approximate surface area is 187 Å². The number of hydrogen-bond donors (Lipinski definition) is 2. The highest BCUT2D eigenvalue weighted by Crippen LogP contribution is 2.19. The third-order valence-electron chi connectivity index (χ3n) is 6.38. The van der Waals surface area contributed by atoms with Gasteiger partial charge in [-0.2, -0.15) is 5.10 Å². The van der Waals surface area contributed by atoms with Gasteiger partial charge >= 0.3 is 0 Å². The fourth-order valence-electron chi connectivity index (χ4n) is 4.46. The van der Waals surface area contributed by atoms with Crippen molar-refractivity contribution in [2.75, 3.05) is 39.3 Å². The lowest BCUT2D eigenvalue weighted by atomic mass is 10.1. The first kappa shape index (κ1) is 20.5. The van der Waals surface area contributed by atoms with Gasteiger partial charge in [-0.15, -0.1) is 0 Å². The lowest BCUT2D eigenvalue weighted by Crippen LogP contribution is -2.52. The summed E-state index contributed by atoms with van der Waals surface area (Å²) < 4.78 is 0. The third-order valence-corrected chi connectivity index (χ3v) is 6.38. The van der Waals surface area contributed by atoms with Crippen LogP contribution in [0.4, 0.5) is 0 Å². The number of H-pyrrole nitrogens is 1. The Morgan fingerprint density at radius 2 is 1.69 bits per heavy atom. The molecule has 2 aromatic carbocycles. The van der Waals surface area contributed by atoms with E-state index < -0.39 is 0 Å². The monoisotopic (exact) mass is 429 g/mol. The smallest absolute Gasteiger partial charge is 0.253 e. The van der Waals surface area contributed by atoms with Crippen molar-refractivity contribution in [1.82, 2.24) is 25.3 Å². The molecule has 2 amide bonds. The Bertz CT molecular complexity index is 1140. The van der Waals surface area contributed by atoms with E-state index >= 15 is 0 Å². The van der Waals surface area contributed by atoms with Crippen LogP contribution in [0.1, 0.15) is 28.0 Å². The summed E-state index contributed by atoms with van der Waals surface area (Å²) in [6, 6.07) is 15.7. The molecule has 2 aliphatic heterocycles. The number of nitrogens with zero attached hydrogens (tertiary/aromatic N) is 3. The second kappa shape index (κ2) is 8.96. The molecule has 0 saturated carbocycles. The van der Waals surface area contributed by atoms with E-state index in [0.717, 1.165) is 41.7 Å². The van der Waals surface area contributed by atoms with E-state index in [1.165, 1.54) is 0 Å². The summed E-state index contributed by atoms with van der Waals surface area (Å²) in [7, 11) is 0. The minimum absolute atomic E-state index is 0.0217. The van der Waals surface area contributed by atoms with Crippen molar-refractivity contribution < 1.29 is 9.59 Å². The largest absolute Gasteiger partial charge is 0.339 e. The van der Waals surface area contributed by atoms with Gasteiger partial charge in [0.25, 0.3) is 5.91 Å². The highest BCUT2D eigenvalue weighted by Gasteiger charge is 2.30. The Morgan fingerprint density at radius 1 is 0.938 bits per heavy atom. The van der Waals surface area contributed by atoms with Gasteiger partial charge in [0.05, 0.1) is 17.1 Å². The maximum absolute atomic E-state index is 12.9. The highest BCUT2D eigenvalue weighted by atomic mass is 16.2. The number of piperazine rings is 1. The van der Waals surface area contributed by atoms with Crippen molar-refractivity contribution in [2.24, 2.45) is 5.92 Å². The summed E-state index contributed by atoms with van der Waals surface area (Å²) in [6.45, 7) is 4.07. The molecule has 2 N–H and O–H groups in total. The van der Waals surface area contributed by atoms with E-state index in [2.05, 4.69) is 15.5 Å². The van der Waals surface area contributed by atoms with Gasteiger partial charge in [0.15, 0.2) is 0 Å². The fraction of sp³-hybridized carbons (Fsp3) is 0.320. The molecule has 2 aliphatic rings. The summed E-state index contributed by atoms with van der Waals surface area (Å²) in [5, 5.41) is 11.7. The van der Waals surface area contributed by atoms with Crippen LogP contribution in [0.15, 0.2) is 48.5 Å². The number of amides is 2. The molecule has 0 radical (unpaired) electrons. The number of carbonyl (C=O) groups excluding carboxylic acids is 2. The van der Waals surface area contributed by atoms with Crippen LogP contribution in [-0.2, 0) is 4.79 Å². The van der Waals surface area contributed by atoms with E-state index in [1.54, 1.807) is 0 Å². The van der Waals surface area contributed by atoms with Gasteiger partial charge in [0, 0.05) is 43.7 Å². The Hall–Kier alpha value is -3.45. The first-order valence-corrected chi connectivity index (χ1v) is 11.2. The van der Waals surface area contributed by atoms with Gasteiger partial charge in [0.1, 0.15) is 0 Å². The standard InChI is InChI=1S/C25H27N5O2/c31-24(29-13-15-30(16-14-29)25(32)20-11-12-26-17-20)19-8-5-18(6-9-19)7-10-23-21-3-1-2-4-22(21)27-28-23/h1-10,20,26H,11-17H2,(H,27,28). The SMILES string of the molecule is O=C(c1ccc(C=Cc2n[nH]c3ccccc23)cc1)N1CCN(C(=O)C2CCNC2)CC1. The highest BCUT2D eigenvalue weighted by molar-refractivity contribution is 5.95. The fourth-order valence-corrected chi connectivity index (χ4v) is 4.46. The van der Waals surface area contributed by atoms with Crippen LogP contribution in [0.3, 0.4) is 0 Å². The molecule has 2 saturated heterocycles. The van der Waals surface area contributed by atoms with E-state index in [9.17, 15) is 9.59 Å². The molecule has 2 fully saturated rings. The van der Waals surface area contributed by atoms with Crippen LogP contribution in [-0.4, -0.2) is 71.1 Å². The van der Waals surface area contributed by atoms with Crippen LogP contribution in [0.25, 0.3) is 23.1 Å². The number of hydrogen-bond acceptors (Lipinski definition) is 4. The molecule has 1 atom stereocenters. The van der Waals surface area contributed by atoms with Crippen molar-refractivity contribution in [2.45, 2.75) is 6.42 Å². The topological polar surface area (TPSA) is 81.3 Å². The molecule has 164 valence electrons. The molecule has 32 heavy (non-hydrogen) atoms. The minimum Gasteiger partial charge on any atom is -0.339 e. The molecular formula is C25H27N5O2. The number of benzene rings is 2. The first-order valence-electron chi connectivity index (χ1n) is 11.2. The number of nitrogens with one attached hydrogen (secondary N) is 2. The quantitative estimate of drug-likeness (QED) is 0.668. The first-order chi connectivity index (χ1) is 15.7. The predicted octanol–water partition coefficient (Wildman–Crippen LogP) is 2.63. The van der Waals surface area contributed by atoms with Crippen molar-refractivity contribution in [3.05, 3.63) is 65.4 Å². The number of fused-ring (bicyclic) bond motifs is 1. The van der Waals surface area contributed by atoms with E-state index in [0.29, 0.717) is 31.7 Å².